The summed E-state index contributed by atoms with van der Waals surface area (Å²) in [6.07, 6.45) is 3.48. The molecule has 0 spiro atoms. The van der Waals surface area contributed by atoms with Crippen molar-refractivity contribution in [2.24, 2.45) is 0 Å². The molecule has 21 heavy (non-hydrogen) atoms. The molecular weight excluding hydrogens is 276 g/mol. The number of fused-ring (bicyclic) bond motifs is 1. The van der Waals surface area contributed by atoms with Crippen molar-refractivity contribution in [1.82, 2.24) is 9.80 Å². The van der Waals surface area contributed by atoms with E-state index in [2.05, 4.69) is 0 Å². The Hall–Kier alpha value is -1.34. The molecule has 3 rings (SSSR count). The summed E-state index contributed by atoms with van der Waals surface area (Å²) in [7, 11) is 0. The number of carboxylic acids is 1. The Labute approximate surface area is 123 Å². The van der Waals surface area contributed by atoms with Gasteiger partial charge in [-0.05, 0) is 12.8 Å². The van der Waals surface area contributed by atoms with Gasteiger partial charge in [-0.2, -0.15) is 0 Å². The number of likely N-dealkylation sites (tertiary alicyclic amines) is 1. The van der Waals surface area contributed by atoms with Crippen LogP contribution in [-0.2, 0) is 9.53 Å². The van der Waals surface area contributed by atoms with E-state index in [1.54, 1.807) is 4.90 Å². The second-order valence-corrected chi connectivity index (χ2v) is 6.13. The number of rotatable bonds is 1. The number of carbonyl (C=O) groups excluding carboxylic acids is 1. The molecule has 3 fully saturated rings. The van der Waals surface area contributed by atoms with Crippen LogP contribution in [0.4, 0.5) is 4.79 Å². The Kier molecular flexibility index (Phi) is 4.03. The Balaban J connectivity index is 1.75. The molecule has 2 N–H and O–H groups in total. The van der Waals surface area contributed by atoms with Gasteiger partial charge in [-0.1, -0.05) is 12.8 Å². The fraction of sp³-hybridized carbons (Fsp3) is 0.857. The number of morpholine rings is 1. The first-order chi connectivity index (χ1) is 10.1. The lowest BCUT2D eigenvalue weighted by Crippen LogP contribution is -2.59. The summed E-state index contributed by atoms with van der Waals surface area (Å²) < 4.78 is 5.74. The minimum absolute atomic E-state index is 0.0483. The van der Waals surface area contributed by atoms with Crippen molar-refractivity contribution in [3.63, 3.8) is 0 Å². The van der Waals surface area contributed by atoms with E-state index in [4.69, 9.17) is 4.74 Å². The van der Waals surface area contributed by atoms with Gasteiger partial charge in [0.25, 0.3) is 0 Å². The lowest BCUT2D eigenvalue weighted by atomic mass is 9.90. The van der Waals surface area contributed by atoms with E-state index in [-0.39, 0.29) is 31.1 Å². The molecule has 0 radical (unpaired) electrons. The molecule has 2 saturated heterocycles. The molecule has 2 unspecified atom stereocenters. The molecule has 0 bridgehead atoms. The van der Waals surface area contributed by atoms with Crippen molar-refractivity contribution in [2.45, 2.75) is 56.4 Å². The summed E-state index contributed by atoms with van der Waals surface area (Å²) in [6.45, 7) is 1.10. The van der Waals surface area contributed by atoms with Crippen LogP contribution in [0, 0.1) is 0 Å². The Morgan fingerprint density at radius 2 is 1.90 bits per heavy atom. The first kappa shape index (κ1) is 14.6. The molecule has 7 nitrogen and oxygen atoms in total. The number of aliphatic hydroxyl groups excluding tert-OH is 1. The van der Waals surface area contributed by atoms with Crippen LogP contribution in [-0.4, -0.2) is 76.0 Å². The van der Waals surface area contributed by atoms with Crippen LogP contribution in [0.5, 0.6) is 0 Å². The number of hydrogen-bond donors (Lipinski definition) is 2. The number of carboxylic acid groups (broad SMARTS) is 1. The average Bonchev–Trinajstić information content (AvgIpc) is 2.88. The highest BCUT2D eigenvalue weighted by atomic mass is 16.5. The van der Waals surface area contributed by atoms with Crippen LogP contribution < -0.4 is 0 Å². The van der Waals surface area contributed by atoms with Crippen LogP contribution in [0.3, 0.4) is 0 Å². The second kappa shape index (κ2) is 5.81. The van der Waals surface area contributed by atoms with Crippen molar-refractivity contribution in [2.75, 3.05) is 19.7 Å². The summed E-state index contributed by atoms with van der Waals surface area (Å²) in [4.78, 5) is 27.1. The predicted octanol–water partition coefficient (Wildman–Crippen LogP) is 0.270. The highest BCUT2D eigenvalue weighted by Crippen LogP contribution is 2.30. The Bertz CT molecular complexity index is 428. The van der Waals surface area contributed by atoms with Crippen molar-refractivity contribution >= 4 is 12.0 Å². The number of β-amino-alcohol motifs (C(OH)–C–C–N with tert-alkyl or cyclic N) is 1. The minimum atomic E-state index is -1.05. The second-order valence-electron chi connectivity index (χ2n) is 6.13. The maximum Gasteiger partial charge on any atom is 0.326 e. The number of aliphatic carboxylic acids is 1. The molecule has 1 aliphatic carbocycles. The van der Waals surface area contributed by atoms with Crippen molar-refractivity contribution in [3.05, 3.63) is 0 Å². The topological polar surface area (TPSA) is 90.3 Å². The standard InChI is InChI=1S/C14H22N2O5/c17-9-7-11(13(18)19)16(8-9)14(20)15-5-6-21-12-4-2-1-3-10(12)15/h9-12,17H,1-8H2,(H,18,19)/t9-,10?,11+,12?/m1/s1. The SMILES string of the molecule is O=C(O)[C@@H]1C[C@@H](O)CN1C(=O)N1CCOC2CCCCC21. The van der Waals surface area contributed by atoms with Gasteiger partial charge in [0.1, 0.15) is 6.04 Å². The normalized spacial score (nSPS) is 36.4. The minimum Gasteiger partial charge on any atom is -0.480 e. The maximum absolute atomic E-state index is 12.7. The van der Waals surface area contributed by atoms with Crippen LogP contribution >= 0.6 is 0 Å². The number of amides is 2. The van der Waals surface area contributed by atoms with Crippen LogP contribution in [0.1, 0.15) is 32.1 Å². The fourth-order valence-electron chi connectivity index (χ4n) is 3.76. The van der Waals surface area contributed by atoms with Crippen molar-refractivity contribution in [1.29, 1.82) is 0 Å². The van der Waals surface area contributed by atoms with Crippen LogP contribution in [0.2, 0.25) is 0 Å². The third-order valence-electron chi connectivity index (χ3n) is 4.79. The van der Waals surface area contributed by atoms with Gasteiger partial charge in [-0.25, -0.2) is 9.59 Å². The monoisotopic (exact) mass is 298 g/mol. The van der Waals surface area contributed by atoms with Gasteiger partial charge in [-0.15, -0.1) is 0 Å². The van der Waals surface area contributed by atoms with Crippen LogP contribution in [0.15, 0.2) is 0 Å². The summed E-state index contributed by atoms with van der Waals surface area (Å²) >= 11 is 0. The summed E-state index contributed by atoms with van der Waals surface area (Å²) in [6, 6.07) is -1.14. The average molecular weight is 298 g/mol. The van der Waals surface area contributed by atoms with E-state index in [0.717, 1.165) is 25.7 Å². The number of hydrogen-bond acceptors (Lipinski definition) is 4. The number of ether oxygens (including phenoxy) is 1. The van der Waals surface area contributed by atoms with Gasteiger partial charge in [0.05, 0.1) is 24.9 Å². The van der Waals surface area contributed by atoms with E-state index in [1.165, 1.54) is 4.90 Å². The predicted molar refractivity (Wildman–Crippen MR) is 72.9 cm³/mol. The number of urea groups is 1. The number of carbonyl (C=O) groups is 2. The molecule has 2 heterocycles. The van der Waals surface area contributed by atoms with Crippen molar-refractivity contribution < 1.29 is 24.5 Å². The van der Waals surface area contributed by atoms with E-state index >= 15 is 0 Å². The van der Waals surface area contributed by atoms with Gasteiger partial charge in [-0.3, -0.25) is 0 Å². The van der Waals surface area contributed by atoms with E-state index < -0.39 is 18.1 Å². The third-order valence-corrected chi connectivity index (χ3v) is 4.79. The summed E-state index contributed by atoms with van der Waals surface area (Å²) in [5.41, 5.74) is 0. The van der Waals surface area contributed by atoms with Gasteiger partial charge >= 0.3 is 12.0 Å². The molecule has 118 valence electrons. The quantitative estimate of drug-likeness (QED) is 0.725. The maximum atomic E-state index is 12.7. The Morgan fingerprint density at radius 1 is 1.14 bits per heavy atom. The third kappa shape index (κ3) is 2.72. The zero-order valence-corrected chi connectivity index (χ0v) is 12.0. The largest absolute Gasteiger partial charge is 0.480 e. The van der Waals surface area contributed by atoms with Gasteiger partial charge in [0, 0.05) is 19.5 Å². The molecule has 0 aromatic carbocycles. The first-order valence-electron chi connectivity index (χ1n) is 7.67. The molecule has 0 aromatic rings. The van der Waals surface area contributed by atoms with Gasteiger partial charge in [0.2, 0.25) is 0 Å². The number of aliphatic hydroxyl groups is 1. The first-order valence-corrected chi connectivity index (χ1v) is 7.67. The van der Waals surface area contributed by atoms with Crippen LogP contribution in [0.25, 0.3) is 0 Å². The molecule has 4 atom stereocenters. The van der Waals surface area contributed by atoms with E-state index in [1.807, 2.05) is 0 Å². The molecule has 3 aliphatic rings. The highest BCUT2D eigenvalue weighted by Gasteiger charge is 2.44. The lowest BCUT2D eigenvalue weighted by molar-refractivity contribution is -0.141. The molecule has 2 amide bonds. The van der Waals surface area contributed by atoms with E-state index in [9.17, 15) is 19.8 Å². The Morgan fingerprint density at radius 3 is 2.67 bits per heavy atom. The fourth-order valence-corrected chi connectivity index (χ4v) is 3.76. The van der Waals surface area contributed by atoms with Gasteiger partial charge in [0.15, 0.2) is 0 Å². The van der Waals surface area contributed by atoms with E-state index in [0.29, 0.717) is 13.2 Å². The zero-order valence-electron chi connectivity index (χ0n) is 12.0. The molecule has 1 saturated carbocycles. The smallest absolute Gasteiger partial charge is 0.326 e. The summed E-state index contributed by atoms with van der Waals surface area (Å²) in [5, 5.41) is 18.9. The van der Waals surface area contributed by atoms with Crippen molar-refractivity contribution in [3.8, 4) is 0 Å². The zero-order chi connectivity index (χ0) is 15.0. The summed E-state index contributed by atoms with van der Waals surface area (Å²) in [5.74, 6) is -1.05. The molecular formula is C14H22N2O5. The number of nitrogens with zero attached hydrogens (tertiary/aromatic N) is 2. The lowest BCUT2D eigenvalue weighted by Gasteiger charge is -2.45. The highest BCUT2D eigenvalue weighted by molar-refractivity contribution is 5.83. The molecule has 2 aliphatic heterocycles. The van der Waals surface area contributed by atoms with Gasteiger partial charge < -0.3 is 24.7 Å². The molecule has 0 aromatic heterocycles. The molecule has 7 heteroatoms.